The number of carbonyl (C=O) groups is 1. The van der Waals surface area contributed by atoms with Gasteiger partial charge in [-0.15, -0.1) is 11.8 Å². The Morgan fingerprint density at radius 2 is 2.12 bits per heavy atom. The summed E-state index contributed by atoms with van der Waals surface area (Å²) in [6, 6.07) is 3.65. The molecule has 2 nitrogen and oxygen atoms in total. The molecule has 0 saturated heterocycles. The van der Waals surface area contributed by atoms with Crippen molar-refractivity contribution in [1.29, 1.82) is 0 Å². The molecule has 0 heterocycles. The summed E-state index contributed by atoms with van der Waals surface area (Å²) in [5.74, 6) is -1.78. The number of carbonyl (C=O) groups excluding carboxylic acids is 1. The molecule has 0 aromatic heterocycles. The number of ether oxygens (including phenoxy) is 1. The van der Waals surface area contributed by atoms with E-state index in [0.717, 1.165) is 25.0 Å². The molecule has 1 aromatic carbocycles. The third-order valence-electron chi connectivity index (χ3n) is 2.64. The zero-order valence-corrected chi connectivity index (χ0v) is 10.1. The van der Waals surface area contributed by atoms with Crippen LogP contribution in [0.1, 0.15) is 12.8 Å². The third-order valence-corrected chi connectivity index (χ3v) is 4.00. The summed E-state index contributed by atoms with van der Waals surface area (Å²) in [6.07, 6.45) is 1.97. The van der Waals surface area contributed by atoms with Gasteiger partial charge in [0.05, 0.1) is 7.11 Å². The number of esters is 1. The topological polar surface area (TPSA) is 26.3 Å². The summed E-state index contributed by atoms with van der Waals surface area (Å²) in [5.41, 5.74) is 0. The minimum atomic E-state index is -0.894. The molecule has 1 aliphatic carbocycles. The fourth-order valence-corrected chi connectivity index (χ4v) is 2.82. The minimum absolute atomic E-state index is 0.292. The zero-order valence-electron chi connectivity index (χ0n) is 9.28. The van der Waals surface area contributed by atoms with Gasteiger partial charge in [-0.2, -0.15) is 0 Å². The Morgan fingerprint density at radius 3 is 2.65 bits per heavy atom. The van der Waals surface area contributed by atoms with Gasteiger partial charge in [0, 0.05) is 4.90 Å². The highest BCUT2D eigenvalue weighted by molar-refractivity contribution is 8.00. The van der Waals surface area contributed by atoms with Crippen LogP contribution >= 0.6 is 11.8 Å². The van der Waals surface area contributed by atoms with Crippen LogP contribution in [0.3, 0.4) is 0 Å². The average Bonchev–Trinajstić information content (AvgIpc) is 3.13. The molecule has 1 atom stereocenters. The number of hydrogen-bond donors (Lipinski definition) is 0. The van der Waals surface area contributed by atoms with Crippen LogP contribution in [-0.4, -0.2) is 18.3 Å². The molecule has 0 N–H and O–H groups in total. The normalized spacial score (nSPS) is 16.6. The summed E-state index contributed by atoms with van der Waals surface area (Å²) in [6.45, 7) is 0. The number of rotatable bonds is 4. The van der Waals surface area contributed by atoms with E-state index < -0.39 is 11.6 Å². The van der Waals surface area contributed by atoms with Crippen LogP contribution < -0.4 is 0 Å². The highest BCUT2D eigenvalue weighted by Gasteiger charge is 2.37. The van der Waals surface area contributed by atoms with Crippen LogP contribution in [0.5, 0.6) is 0 Å². The number of halogens is 2. The highest BCUT2D eigenvalue weighted by atomic mass is 32.2. The van der Waals surface area contributed by atoms with E-state index in [1.54, 1.807) is 0 Å². The van der Waals surface area contributed by atoms with Crippen molar-refractivity contribution in [3.8, 4) is 0 Å². The van der Waals surface area contributed by atoms with Gasteiger partial charge in [0.1, 0.15) is 5.25 Å². The van der Waals surface area contributed by atoms with Gasteiger partial charge >= 0.3 is 5.97 Å². The third kappa shape index (κ3) is 2.97. The van der Waals surface area contributed by atoms with Crippen LogP contribution in [0, 0.1) is 17.6 Å². The molecule has 92 valence electrons. The van der Waals surface area contributed by atoms with E-state index in [-0.39, 0.29) is 11.2 Å². The fraction of sp³-hybridized carbons (Fsp3) is 0.417. The van der Waals surface area contributed by atoms with E-state index >= 15 is 0 Å². The first-order chi connectivity index (χ1) is 8.11. The molecule has 17 heavy (non-hydrogen) atoms. The number of thioether (sulfide) groups is 1. The van der Waals surface area contributed by atoms with E-state index in [2.05, 4.69) is 0 Å². The summed E-state index contributed by atoms with van der Waals surface area (Å²) < 4.78 is 30.5. The predicted octanol–water partition coefficient (Wildman–Crippen LogP) is 3.01. The van der Waals surface area contributed by atoms with Gasteiger partial charge < -0.3 is 4.74 Å². The largest absolute Gasteiger partial charge is 0.468 e. The van der Waals surface area contributed by atoms with Gasteiger partial charge in [-0.3, -0.25) is 4.79 Å². The minimum Gasteiger partial charge on any atom is -0.468 e. The van der Waals surface area contributed by atoms with Gasteiger partial charge in [0.2, 0.25) is 0 Å². The van der Waals surface area contributed by atoms with Crippen molar-refractivity contribution in [3.63, 3.8) is 0 Å². The summed E-state index contributed by atoms with van der Waals surface area (Å²) in [4.78, 5) is 12.1. The molecule has 1 saturated carbocycles. The van der Waals surface area contributed by atoms with E-state index in [1.165, 1.54) is 24.9 Å². The Labute approximate surface area is 102 Å². The first kappa shape index (κ1) is 12.4. The summed E-state index contributed by atoms with van der Waals surface area (Å²) in [7, 11) is 1.34. The van der Waals surface area contributed by atoms with Gasteiger partial charge in [-0.25, -0.2) is 8.78 Å². The number of methoxy groups -OCH3 is 1. The molecule has 0 spiro atoms. The maximum Gasteiger partial charge on any atom is 0.319 e. The second-order valence-corrected chi connectivity index (χ2v) is 5.19. The number of benzene rings is 1. The Morgan fingerprint density at radius 1 is 1.41 bits per heavy atom. The summed E-state index contributed by atoms with van der Waals surface area (Å²) in [5, 5.41) is -0.315. The molecular weight excluding hydrogens is 246 g/mol. The lowest BCUT2D eigenvalue weighted by Gasteiger charge is -2.13. The molecular formula is C12H12F2O2S. The maximum atomic E-state index is 13.0. The maximum absolute atomic E-state index is 13.0. The Bertz CT molecular complexity index is 433. The van der Waals surface area contributed by atoms with Crippen LogP contribution in [-0.2, 0) is 9.53 Å². The molecule has 1 aromatic rings. The van der Waals surface area contributed by atoms with Crippen molar-refractivity contribution < 1.29 is 18.3 Å². The first-order valence-corrected chi connectivity index (χ1v) is 6.19. The van der Waals surface area contributed by atoms with Crippen molar-refractivity contribution in [2.75, 3.05) is 7.11 Å². The molecule has 2 rings (SSSR count). The number of hydrogen-bond acceptors (Lipinski definition) is 3. The van der Waals surface area contributed by atoms with Crippen molar-refractivity contribution in [1.82, 2.24) is 0 Å². The molecule has 0 amide bonds. The van der Waals surface area contributed by atoms with Gasteiger partial charge in [-0.1, -0.05) is 0 Å². The first-order valence-electron chi connectivity index (χ1n) is 5.31. The zero-order chi connectivity index (χ0) is 12.4. The van der Waals surface area contributed by atoms with E-state index in [1.807, 2.05) is 0 Å². The SMILES string of the molecule is COC(=O)C(Sc1ccc(F)c(F)c1)C1CC1. The molecule has 0 radical (unpaired) electrons. The van der Waals surface area contributed by atoms with E-state index in [4.69, 9.17) is 4.74 Å². The van der Waals surface area contributed by atoms with Gasteiger partial charge in [-0.05, 0) is 37.0 Å². The summed E-state index contributed by atoms with van der Waals surface area (Å²) >= 11 is 1.23. The van der Waals surface area contributed by atoms with Gasteiger partial charge in [0.15, 0.2) is 11.6 Å². The van der Waals surface area contributed by atoms with Crippen molar-refractivity contribution in [2.45, 2.75) is 23.0 Å². The average molecular weight is 258 g/mol. The lowest BCUT2D eigenvalue weighted by Crippen LogP contribution is -2.20. The van der Waals surface area contributed by atoms with E-state index in [0.29, 0.717) is 10.8 Å². The highest BCUT2D eigenvalue weighted by Crippen LogP contribution is 2.42. The monoisotopic (exact) mass is 258 g/mol. The molecule has 0 bridgehead atoms. The Kier molecular flexibility index (Phi) is 3.66. The van der Waals surface area contributed by atoms with Crippen molar-refractivity contribution in [2.24, 2.45) is 5.92 Å². The second-order valence-electron chi connectivity index (χ2n) is 3.97. The van der Waals surface area contributed by atoms with Crippen LogP contribution in [0.25, 0.3) is 0 Å². The van der Waals surface area contributed by atoms with Crippen molar-refractivity contribution in [3.05, 3.63) is 29.8 Å². The van der Waals surface area contributed by atoms with Crippen molar-refractivity contribution >= 4 is 17.7 Å². The van der Waals surface area contributed by atoms with Gasteiger partial charge in [0.25, 0.3) is 0 Å². The standard InChI is InChI=1S/C12H12F2O2S/c1-16-12(15)11(7-2-3-7)17-8-4-5-9(13)10(14)6-8/h4-7,11H,2-3H2,1H3. The predicted molar refractivity (Wildman–Crippen MR) is 60.7 cm³/mol. The fourth-order valence-electron chi connectivity index (χ4n) is 1.55. The van der Waals surface area contributed by atoms with Crippen LogP contribution in [0.4, 0.5) is 8.78 Å². The quantitative estimate of drug-likeness (QED) is 0.613. The Hall–Kier alpha value is -1.10. The smallest absolute Gasteiger partial charge is 0.319 e. The van der Waals surface area contributed by atoms with Crippen LogP contribution in [0.2, 0.25) is 0 Å². The molecule has 1 unspecified atom stereocenters. The second kappa shape index (κ2) is 5.04. The molecule has 1 aliphatic rings. The molecule has 0 aliphatic heterocycles. The van der Waals surface area contributed by atoms with E-state index in [9.17, 15) is 13.6 Å². The lowest BCUT2D eigenvalue weighted by molar-refractivity contribution is -0.140. The lowest BCUT2D eigenvalue weighted by atomic mass is 10.3. The van der Waals surface area contributed by atoms with Crippen LogP contribution in [0.15, 0.2) is 23.1 Å². The molecule has 1 fully saturated rings. The molecule has 5 heteroatoms. The Balaban J connectivity index is 2.11.